The van der Waals surface area contributed by atoms with Gasteiger partial charge in [0.15, 0.2) is 6.61 Å². The first kappa shape index (κ1) is 14.6. The lowest BCUT2D eigenvalue weighted by Gasteiger charge is -2.31. The van der Waals surface area contributed by atoms with Gasteiger partial charge in [0, 0.05) is 13.1 Å². The summed E-state index contributed by atoms with van der Waals surface area (Å²) < 4.78 is 15.8. The van der Waals surface area contributed by atoms with Crippen molar-refractivity contribution in [1.29, 1.82) is 0 Å². The standard InChI is InChI=1S/C14H19NO5/c1-18-11-2-4-12(5-3-11)20-10-14(17)15-6-7-19-13(8-15)9-16/h2-5,13,16H,6-10H2,1H3. The second-order valence-corrected chi connectivity index (χ2v) is 4.48. The molecular weight excluding hydrogens is 262 g/mol. The van der Waals surface area contributed by atoms with E-state index in [1.807, 2.05) is 0 Å². The van der Waals surface area contributed by atoms with Crippen LogP contribution in [0.5, 0.6) is 11.5 Å². The Labute approximate surface area is 117 Å². The number of amides is 1. The second kappa shape index (κ2) is 7.12. The predicted octanol–water partition coefficient (Wildman–Crippen LogP) is 0.294. The van der Waals surface area contributed by atoms with E-state index in [-0.39, 0.29) is 25.2 Å². The lowest BCUT2D eigenvalue weighted by Crippen LogP contribution is -2.48. The number of ether oxygens (including phenoxy) is 3. The van der Waals surface area contributed by atoms with Gasteiger partial charge in [0.2, 0.25) is 0 Å². The molecular formula is C14H19NO5. The highest BCUT2D eigenvalue weighted by Crippen LogP contribution is 2.17. The van der Waals surface area contributed by atoms with Gasteiger partial charge in [0.05, 0.1) is 26.4 Å². The normalized spacial score (nSPS) is 18.7. The van der Waals surface area contributed by atoms with Gasteiger partial charge in [-0.25, -0.2) is 0 Å². The smallest absolute Gasteiger partial charge is 0.260 e. The average Bonchev–Trinajstić information content (AvgIpc) is 2.53. The second-order valence-electron chi connectivity index (χ2n) is 4.48. The van der Waals surface area contributed by atoms with Gasteiger partial charge in [-0.1, -0.05) is 0 Å². The van der Waals surface area contributed by atoms with Crippen molar-refractivity contribution < 1.29 is 24.1 Å². The fourth-order valence-corrected chi connectivity index (χ4v) is 1.96. The molecule has 1 N–H and O–H groups in total. The third-order valence-electron chi connectivity index (χ3n) is 3.12. The summed E-state index contributed by atoms with van der Waals surface area (Å²) in [5.74, 6) is 1.25. The number of nitrogens with zero attached hydrogens (tertiary/aromatic N) is 1. The zero-order valence-electron chi connectivity index (χ0n) is 11.4. The fourth-order valence-electron chi connectivity index (χ4n) is 1.96. The summed E-state index contributed by atoms with van der Waals surface area (Å²) in [6.07, 6.45) is -0.298. The Morgan fingerprint density at radius 2 is 2.10 bits per heavy atom. The molecule has 1 fully saturated rings. The number of rotatable bonds is 5. The number of hydrogen-bond donors (Lipinski definition) is 1. The highest BCUT2D eigenvalue weighted by atomic mass is 16.5. The molecule has 0 aromatic heterocycles. The molecule has 6 nitrogen and oxygen atoms in total. The van der Waals surface area contributed by atoms with Crippen molar-refractivity contribution in [3.63, 3.8) is 0 Å². The number of aliphatic hydroxyl groups excluding tert-OH is 1. The Balaban J connectivity index is 1.81. The van der Waals surface area contributed by atoms with Crippen LogP contribution in [0, 0.1) is 0 Å². The molecule has 0 bridgehead atoms. The zero-order chi connectivity index (χ0) is 14.4. The molecule has 1 atom stereocenters. The van der Waals surface area contributed by atoms with Gasteiger partial charge in [-0.3, -0.25) is 4.79 Å². The summed E-state index contributed by atoms with van der Waals surface area (Å²) >= 11 is 0. The van der Waals surface area contributed by atoms with Crippen molar-refractivity contribution >= 4 is 5.91 Å². The van der Waals surface area contributed by atoms with Crippen LogP contribution in [-0.2, 0) is 9.53 Å². The van der Waals surface area contributed by atoms with Crippen LogP contribution in [0.15, 0.2) is 24.3 Å². The van der Waals surface area contributed by atoms with E-state index < -0.39 is 0 Å². The molecule has 1 aromatic rings. The first-order chi connectivity index (χ1) is 9.72. The molecule has 1 saturated heterocycles. The number of aliphatic hydroxyl groups is 1. The molecule has 1 unspecified atom stereocenters. The van der Waals surface area contributed by atoms with Crippen molar-refractivity contribution in [1.82, 2.24) is 4.90 Å². The Hall–Kier alpha value is -1.79. The molecule has 1 aliphatic heterocycles. The molecule has 1 aromatic carbocycles. The van der Waals surface area contributed by atoms with Gasteiger partial charge in [0.1, 0.15) is 11.5 Å². The van der Waals surface area contributed by atoms with E-state index >= 15 is 0 Å². The van der Waals surface area contributed by atoms with Crippen molar-refractivity contribution in [3.05, 3.63) is 24.3 Å². The number of carbonyl (C=O) groups excluding carboxylic acids is 1. The molecule has 0 saturated carbocycles. The molecule has 110 valence electrons. The molecule has 0 spiro atoms. The van der Waals surface area contributed by atoms with Crippen LogP contribution in [0.4, 0.5) is 0 Å². The highest BCUT2D eigenvalue weighted by molar-refractivity contribution is 5.77. The zero-order valence-corrected chi connectivity index (χ0v) is 11.4. The summed E-state index contributed by atoms with van der Waals surface area (Å²) in [4.78, 5) is 13.6. The maximum absolute atomic E-state index is 12.0. The molecule has 0 radical (unpaired) electrons. The molecule has 1 amide bonds. The summed E-state index contributed by atoms with van der Waals surface area (Å²) in [6, 6.07) is 7.05. The topological polar surface area (TPSA) is 68.2 Å². The van der Waals surface area contributed by atoms with Crippen molar-refractivity contribution in [2.24, 2.45) is 0 Å². The van der Waals surface area contributed by atoms with E-state index in [0.29, 0.717) is 25.4 Å². The van der Waals surface area contributed by atoms with Crippen molar-refractivity contribution in [2.75, 3.05) is 40.0 Å². The summed E-state index contributed by atoms with van der Waals surface area (Å²) in [6.45, 7) is 1.27. The van der Waals surface area contributed by atoms with Crippen LogP contribution in [0.1, 0.15) is 0 Å². The summed E-state index contributed by atoms with van der Waals surface area (Å²) in [5.41, 5.74) is 0. The number of methoxy groups -OCH3 is 1. The predicted molar refractivity (Wildman–Crippen MR) is 71.9 cm³/mol. The summed E-state index contributed by atoms with van der Waals surface area (Å²) in [5, 5.41) is 9.04. The molecule has 1 aliphatic rings. The van der Waals surface area contributed by atoms with E-state index in [0.717, 1.165) is 5.75 Å². The first-order valence-corrected chi connectivity index (χ1v) is 6.50. The van der Waals surface area contributed by atoms with Crippen molar-refractivity contribution in [3.8, 4) is 11.5 Å². The third-order valence-corrected chi connectivity index (χ3v) is 3.12. The maximum Gasteiger partial charge on any atom is 0.260 e. The lowest BCUT2D eigenvalue weighted by molar-refractivity contribution is -0.142. The Morgan fingerprint density at radius 1 is 1.40 bits per heavy atom. The van der Waals surface area contributed by atoms with Crippen LogP contribution in [0.3, 0.4) is 0 Å². The van der Waals surface area contributed by atoms with E-state index in [2.05, 4.69) is 0 Å². The average molecular weight is 281 g/mol. The number of benzene rings is 1. The van der Waals surface area contributed by atoms with Crippen LogP contribution in [0.2, 0.25) is 0 Å². The SMILES string of the molecule is COc1ccc(OCC(=O)N2CCOC(CO)C2)cc1. The Morgan fingerprint density at radius 3 is 2.75 bits per heavy atom. The maximum atomic E-state index is 12.0. The van der Waals surface area contributed by atoms with Gasteiger partial charge in [0.25, 0.3) is 5.91 Å². The Bertz CT molecular complexity index is 434. The number of hydrogen-bond acceptors (Lipinski definition) is 5. The minimum atomic E-state index is -0.298. The van der Waals surface area contributed by atoms with E-state index in [9.17, 15) is 4.79 Å². The monoisotopic (exact) mass is 281 g/mol. The minimum Gasteiger partial charge on any atom is -0.497 e. The van der Waals surface area contributed by atoms with E-state index in [1.165, 1.54) is 0 Å². The number of carbonyl (C=O) groups is 1. The van der Waals surface area contributed by atoms with Crippen LogP contribution >= 0.6 is 0 Å². The summed E-state index contributed by atoms with van der Waals surface area (Å²) in [7, 11) is 1.59. The molecule has 6 heteroatoms. The van der Waals surface area contributed by atoms with Crippen LogP contribution < -0.4 is 9.47 Å². The van der Waals surface area contributed by atoms with Crippen LogP contribution in [0.25, 0.3) is 0 Å². The molecule has 1 heterocycles. The Kier molecular flexibility index (Phi) is 5.20. The molecule has 0 aliphatic carbocycles. The van der Waals surface area contributed by atoms with E-state index in [4.69, 9.17) is 19.3 Å². The van der Waals surface area contributed by atoms with Gasteiger partial charge < -0.3 is 24.2 Å². The van der Waals surface area contributed by atoms with Gasteiger partial charge in [-0.2, -0.15) is 0 Å². The van der Waals surface area contributed by atoms with E-state index in [1.54, 1.807) is 36.3 Å². The van der Waals surface area contributed by atoms with Crippen LogP contribution in [-0.4, -0.2) is 62.0 Å². The lowest BCUT2D eigenvalue weighted by atomic mass is 10.3. The van der Waals surface area contributed by atoms with Gasteiger partial charge in [-0.05, 0) is 24.3 Å². The quantitative estimate of drug-likeness (QED) is 0.840. The first-order valence-electron chi connectivity index (χ1n) is 6.50. The molecule has 2 rings (SSSR count). The third kappa shape index (κ3) is 3.85. The molecule has 20 heavy (non-hydrogen) atoms. The van der Waals surface area contributed by atoms with Gasteiger partial charge in [-0.15, -0.1) is 0 Å². The van der Waals surface area contributed by atoms with Gasteiger partial charge >= 0.3 is 0 Å². The van der Waals surface area contributed by atoms with Crippen molar-refractivity contribution in [2.45, 2.75) is 6.10 Å². The minimum absolute atomic E-state index is 0.0233. The highest BCUT2D eigenvalue weighted by Gasteiger charge is 2.23. The largest absolute Gasteiger partial charge is 0.497 e. The number of morpholine rings is 1. The fraction of sp³-hybridized carbons (Fsp3) is 0.500.